The highest BCUT2D eigenvalue weighted by Gasteiger charge is 2.13. The lowest BCUT2D eigenvalue weighted by molar-refractivity contribution is 0.628. The highest BCUT2D eigenvalue weighted by atomic mass is 32.1. The molecule has 20 heavy (non-hydrogen) atoms. The number of nitrogens with zero attached hydrogens (tertiary/aromatic N) is 3. The molecule has 0 atom stereocenters. The van der Waals surface area contributed by atoms with Gasteiger partial charge in [0.2, 0.25) is 0 Å². The standard InChI is InChI=1S/C13H7FN4OS/c14-8-3-1-7(2-4-8)9-5-20-11-10(9)15-6-18-12(11)16-17-13(18)19/h1-6H,(H,17,19). The maximum Gasteiger partial charge on any atom is 0.348 e. The lowest BCUT2D eigenvalue weighted by Gasteiger charge is -1.99. The first-order valence-electron chi connectivity index (χ1n) is 5.83. The zero-order valence-electron chi connectivity index (χ0n) is 10.0. The van der Waals surface area contributed by atoms with Gasteiger partial charge in [0, 0.05) is 10.9 Å². The molecule has 1 aromatic carbocycles. The number of nitrogens with one attached hydrogen (secondary N) is 1. The molecule has 98 valence electrons. The largest absolute Gasteiger partial charge is 0.348 e. The van der Waals surface area contributed by atoms with Gasteiger partial charge in [0.15, 0.2) is 5.65 Å². The highest BCUT2D eigenvalue weighted by molar-refractivity contribution is 7.18. The van der Waals surface area contributed by atoms with Gasteiger partial charge in [-0.1, -0.05) is 12.1 Å². The molecule has 4 rings (SSSR count). The third-order valence-corrected chi connectivity index (χ3v) is 4.10. The predicted octanol–water partition coefficient (Wildman–Crippen LogP) is 2.44. The number of halogens is 1. The van der Waals surface area contributed by atoms with Crippen molar-refractivity contribution in [2.45, 2.75) is 0 Å². The van der Waals surface area contributed by atoms with Gasteiger partial charge in [0.25, 0.3) is 0 Å². The second-order valence-electron chi connectivity index (χ2n) is 4.30. The first-order valence-corrected chi connectivity index (χ1v) is 6.71. The van der Waals surface area contributed by atoms with Gasteiger partial charge >= 0.3 is 5.69 Å². The van der Waals surface area contributed by atoms with E-state index in [0.717, 1.165) is 21.3 Å². The Kier molecular flexibility index (Phi) is 2.25. The molecule has 0 radical (unpaired) electrons. The first kappa shape index (κ1) is 11.3. The minimum absolute atomic E-state index is 0.275. The van der Waals surface area contributed by atoms with E-state index in [9.17, 15) is 9.18 Å². The molecule has 0 amide bonds. The second-order valence-corrected chi connectivity index (χ2v) is 5.18. The molecular weight excluding hydrogens is 279 g/mol. The zero-order chi connectivity index (χ0) is 13.7. The van der Waals surface area contributed by atoms with Crippen molar-refractivity contribution < 1.29 is 4.39 Å². The van der Waals surface area contributed by atoms with Crippen LogP contribution in [0, 0.1) is 5.82 Å². The topological polar surface area (TPSA) is 63.0 Å². The summed E-state index contributed by atoms with van der Waals surface area (Å²) in [4.78, 5) is 15.8. The average Bonchev–Trinajstić information content (AvgIpc) is 3.04. The van der Waals surface area contributed by atoms with Crippen molar-refractivity contribution in [2.75, 3.05) is 0 Å². The van der Waals surface area contributed by atoms with Crippen LogP contribution in [0.25, 0.3) is 27.0 Å². The monoisotopic (exact) mass is 286 g/mol. The van der Waals surface area contributed by atoms with Crippen molar-refractivity contribution in [1.82, 2.24) is 19.6 Å². The predicted molar refractivity (Wildman–Crippen MR) is 74.4 cm³/mol. The number of fused-ring (bicyclic) bond motifs is 3. The maximum atomic E-state index is 13.0. The summed E-state index contributed by atoms with van der Waals surface area (Å²) in [6, 6.07) is 6.24. The van der Waals surface area contributed by atoms with E-state index in [4.69, 9.17) is 0 Å². The van der Waals surface area contributed by atoms with E-state index in [-0.39, 0.29) is 11.5 Å². The van der Waals surface area contributed by atoms with Crippen LogP contribution in [-0.4, -0.2) is 19.6 Å². The molecule has 5 nitrogen and oxygen atoms in total. The minimum Gasteiger partial charge on any atom is -0.246 e. The molecule has 4 aromatic rings. The maximum absolute atomic E-state index is 13.0. The third kappa shape index (κ3) is 1.50. The van der Waals surface area contributed by atoms with E-state index in [2.05, 4.69) is 15.2 Å². The number of aromatic nitrogens is 4. The summed E-state index contributed by atoms with van der Waals surface area (Å²) in [5, 5.41) is 8.34. The van der Waals surface area contributed by atoms with E-state index in [1.807, 2.05) is 5.38 Å². The third-order valence-electron chi connectivity index (χ3n) is 3.13. The van der Waals surface area contributed by atoms with Crippen molar-refractivity contribution in [1.29, 1.82) is 0 Å². The van der Waals surface area contributed by atoms with Crippen LogP contribution in [-0.2, 0) is 0 Å². The van der Waals surface area contributed by atoms with Crippen LogP contribution in [0.4, 0.5) is 4.39 Å². The summed E-state index contributed by atoms with van der Waals surface area (Å²) in [5.74, 6) is -0.275. The van der Waals surface area contributed by atoms with Crippen LogP contribution in [0.15, 0.2) is 40.8 Å². The Balaban J connectivity index is 2.04. The van der Waals surface area contributed by atoms with E-state index >= 15 is 0 Å². The molecule has 0 aliphatic rings. The smallest absolute Gasteiger partial charge is 0.246 e. The summed E-state index contributed by atoms with van der Waals surface area (Å²) in [6.45, 7) is 0. The van der Waals surface area contributed by atoms with Crippen LogP contribution >= 0.6 is 11.3 Å². The Morgan fingerprint density at radius 1 is 1.25 bits per heavy atom. The fraction of sp³-hybridized carbons (Fsp3) is 0. The first-order chi connectivity index (χ1) is 9.74. The second kappa shape index (κ2) is 3.97. The summed E-state index contributed by atoms with van der Waals surface area (Å²) in [7, 11) is 0. The number of hydrogen-bond donors (Lipinski definition) is 1. The van der Waals surface area contributed by atoms with E-state index < -0.39 is 0 Å². The molecule has 0 bridgehead atoms. The van der Waals surface area contributed by atoms with Crippen LogP contribution in [0.5, 0.6) is 0 Å². The van der Waals surface area contributed by atoms with E-state index in [1.165, 1.54) is 34.2 Å². The van der Waals surface area contributed by atoms with Crippen LogP contribution in [0.1, 0.15) is 0 Å². The molecule has 7 heteroatoms. The van der Waals surface area contributed by atoms with Crippen molar-refractivity contribution in [2.24, 2.45) is 0 Å². The Bertz CT molecular complexity index is 983. The minimum atomic E-state index is -0.314. The van der Waals surface area contributed by atoms with Crippen molar-refractivity contribution in [3.05, 3.63) is 52.3 Å². The van der Waals surface area contributed by atoms with Gasteiger partial charge in [-0.15, -0.1) is 11.3 Å². The molecule has 3 aromatic heterocycles. The molecule has 0 saturated carbocycles. The Hall–Kier alpha value is -2.54. The number of hydrogen-bond acceptors (Lipinski definition) is 4. The zero-order valence-corrected chi connectivity index (χ0v) is 10.8. The lowest BCUT2D eigenvalue weighted by Crippen LogP contribution is -2.09. The molecule has 0 unspecified atom stereocenters. The Morgan fingerprint density at radius 3 is 2.85 bits per heavy atom. The van der Waals surface area contributed by atoms with Gasteiger partial charge in [-0.25, -0.2) is 23.7 Å². The van der Waals surface area contributed by atoms with Crippen LogP contribution in [0.2, 0.25) is 0 Å². The molecule has 0 aliphatic carbocycles. The van der Waals surface area contributed by atoms with Gasteiger partial charge in [0.1, 0.15) is 12.1 Å². The average molecular weight is 286 g/mol. The van der Waals surface area contributed by atoms with Gasteiger partial charge < -0.3 is 0 Å². The number of aromatic amines is 1. The van der Waals surface area contributed by atoms with Crippen molar-refractivity contribution in [3.63, 3.8) is 0 Å². The number of H-pyrrole nitrogens is 1. The van der Waals surface area contributed by atoms with Gasteiger partial charge in [0.05, 0.1) is 10.2 Å². The number of benzene rings is 1. The van der Waals surface area contributed by atoms with Crippen molar-refractivity contribution >= 4 is 27.2 Å². The fourth-order valence-corrected chi connectivity index (χ4v) is 3.17. The molecule has 1 N–H and O–H groups in total. The van der Waals surface area contributed by atoms with Crippen molar-refractivity contribution in [3.8, 4) is 11.1 Å². The van der Waals surface area contributed by atoms with Gasteiger partial charge in [-0.05, 0) is 17.7 Å². The molecule has 0 aliphatic heterocycles. The lowest BCUT2D eigenvalue weighted by atomic mass is 10.1. The molecule has 0 fully saturated rings. The fourth-order valence-electron chi connectivity index (χ4n) is 2.16. The summed E-state index contributed by atoms with van der Waals surface area (Å²) in [6.07, 6.45) is 1.45. The Morgan fingerprint density at radius 2 is 2.05 bits per heavy atom. The summed E-state index contributed by atoms with van der Waals surface area (Å²) >= 11 is 1.46. The van der Waals surface area contributed by atoms with Gasteiger partial charge in [-0.2, -0.15) is 5.10 Å². The molecule has 0 spiro atoms. The normalized spacial score (nSPS) is 11.4. The van der Waals surface area contributed by atoms with Crippen LogP contribution in [0.3, 0.4) is 0 Å². The highest BCUT2D eigenvalue weighted by Crippen LogP contribution is 2.33. The molecule has 0 saturated heterocycles. The van der Waals surface area contributed by atoms with E-state index in [1.54, 1.807) is 12.1 Å². The number of thiophene rings is 1. The number of rotatable bonds is 1. The van der Waals surface area contributed by atoms with Crippen LogP contribution < -0.4 is 5.69 Å². The summed E-state index contributed by atoms with van der Waals surface area (Å²) < 4.78 is 15.2. The summed E-state index contributed by atoms with van der Waals surface area (Å²) in [5.41, 5.74) is 2.79. The van der Waals surface area contributed by atoms with E-state index in [0.29, 0.717) is 5.65 Å². The SMILES string of the molecule is O=c1[nH]nc2c3scc(-c4ccc(F)cc4)c3ncn12. The quantitative estimate of drug-likeness (QED) is 0.584. The molecular formula is C13H7FN4OS. The van der Waals surface area contributed by atoms with Gasteiger partial charge in [-0.3, -0.25) is 0 Å². The Labute approximate surface area is 115 Å². The molecule has 3 heterocycles.